The zero-order valence-electron chi connectivity index (χ0n) is 8.23. The van der Waals surface area contributed by atoms with Gasteiger partial charge in [-0.25, -0.2) is 9.59 Å². The minimum atomic E-state index is -1.00. The molecular formula is C10H10O4Si. The number of hydrogen-bond acceptors (Lipinski definition) is 4. The van der Waals surface area contributed by atoms with Crippen LogP contribution in [-0.2, 0) is 14.0 Å². The number of carbonyl (C=O) groups excluding carboxylic acids is 2. The third kappa shape index (κ3) is 3.06. The first-order valence-electron chi connectivity index (χ1n) is 4.20. The van der Waals surface area contributed by atoms with Crippen LogP contribution < -0.4 is 4.74 Å². The summed E-state index contributed by atoms with van der Waals surface area (Å²) in [6.45, 7) is 3.59. The molecule has 0 radical (unpaired) electrons. The van der Waals surface area contributed by atoms with E-state index in [4.69, 9.17) is 4.74 Å². The number of esters is 1. The van der Waals surface area contributed by atoms with E-state index < -0.39 is 11.9 Å². The fourth-order valence-corrected chi connectivity index (χ4v) is 1.07. The predicted molar refractivity (Wildman–Crippen MR) is 58.2 cm³/mol. The normalized spacial score (nSPS) is 9.33. The Morgan fingerprint density at radius 1 is 1.20 bits per heavy atom. The van der Waals surface area contributed by atoms with Gasteiger partial charge in [0.2, 0.25) is 10.5 Å². The lowest BCUT2D eigenvalue weighted by molar-refractivity contribution is -0.156. The van der Waals surface area contributed by atoms with E-state index in [1.54, 1.807) is 30.3 Å². The summed E-state index contributed by atoms with van der Waals surface area (Å²) < 4.78 is 9.08. The van der Waals surface area contributed by atoms with Crippen LogP contribution in [0.1, 0.15) is 5.56 Å². The van der Waals surface area contributed by atoms with E-state index in [0.29, 0.717) is 5.75 Å². The van der Waals surface area contributed by atoms with Crippen molar-refractivity contribution in [3.05, 3.63) is 36.4 Å². The van der Waals surface area contributed by atoms with Gasteiger partial charge < -0.3 is 9.16 Å². The van der Waals surface area contributed by atoms with Crippen LogP contribution in [0.25, 0.3) is 6.08 Å². The highest BCUT2D eigenvalue weighted by Crippen LogP contribution is 2.12. The molecule has 0 spiro atoms. The van der Waals surface area contributed by atoms with Gasteiger partial charge in [0.15, 0.2) is 0 Å². The quantitative estimate of drug-likeness (QED) is 0.307. The Bertz CT molecular complexity index is 383. The minimum Gasteiger partial charge on any atom is -0.521 e. The largest absolute Gasteiger partial charge is 0.521 e. The maximum atomic E-state index is 11.0. The Hall–Kier alpha value is -1.88. The zero-order valence-corrected chi connectivity index (χ0v) is 10.2. The molecule has 0 saturated heterocycles. The van der Waals surface area contributed by atoms with Crippen molar-refractivity contribution >= 4 is 28.5 Å². The Morgan fingerprint density at radius 2 is 1.80 bits per heavy atom. The molecule has 1 aromatic rings. The second kappa shape index (κ2) is 5.11. The summed E-state index contributed by atoms with van der Waals surface area (Å²) in [5.74, 6) is -1.66. The fraction of sp³-hybridized carbons (Fsp3) is 0. The number of hydrogen-bond donors (Lipinski definition) is 0. The zero-order chi connectivity index (χ0) is 11.3. The van der Waals surface area contributed by atoms with Gasteiger partial charge in [0.25, 0.3) is 0 Å². The Kier molecular flexibility index (Phi) is 3.81. The van der Waals surface area contributed by atoms with Crippen LogP contribution in [0.15, 0.2) is 30.8 Å². The van der Waals surface area contributed by atoms with Gasteiger partial charge in [-0.3, -0.25) is 0 Å². The first-order chi connectivity index (χ1) is 7.17. The second-order valence-electron chi connectivity index (χ2n) is 2.65. The van der Waals surface area contributed by atoms with Crippen LogP contribution in [0.5, 0.6) is 5.75 Å². The van der Waals surface area contributed by atoms with Gasteiger partial charge in [-0.05, 0) is 17.7 Å². The van der Waals surface area contributed by atoms with Crippen LogP contribution in [0, 0.1) is 0 Å². The summed E-state index contributed by atoms with van der Waals surface area (Å²) in [6, 6.07) is 6.61. The molecule has 4 nitrogen and oxygen atoms in total. The summed E-state index contributed by atoms with van der Waals surface area (Å²) in [5, 5.41) is 0. The first-order valence-corrected chi connectivity index (χ1v) is 5.01. The summed E-state index contributed by atoms with van der Waals surface area (Å²) in [7, 11) is 0.173. The molecule has 0 heterocycles. The van der Waals surface area contributed by atoms with Crippen molar-refractivity contribution in [1.29, 1.82) is 0 Å². The van der Waals surface area contributed by atoms with Crippen molar-refractivity contribution in [2.75, 3.05) is 0 Å². The average Bonchev–Trinajstić information content (AvgIpc) is 2.29. The van der Waals surface area contributed by atoms with Gasteiger partial charge in [-0.1, -0.05) is 24.8 Å². The third-order valence-electron chi connectivity index (χ3n) is 1.68. The third-order valence-corrected chi connectivity index (χ3v) is 2.05. The van der Waals surface area contributed by atoms with E-state index in [9.17, 15) is 9.59 Å². The maximum absolute atomic E-state index is 11.0. The second-order valence-corrected chi connectivity index (χ2v) is 3.06. The SMILES string of the molecule is C=Cc1ccc(OC(=O)C(=O)O[SiH3])cc1. The van der Waals surface area contributed by atoms with Crippen molar-refractivity contribution in [2.45, 2.75) is 0 Å². The van der Waals surface area contributed by atoms with Gasteiger partial charge in [0.1, 0.15) is 5.75 Å². The van der Waals surface area contributed by atoms with Gasteiger partial charge in [-0.15, -0.1) is 0 Å². The molecule has 78 valence electrons. The molecule has 0 saturated carbocycles. The highest BCUT2D eigenvalue weighted by molar-refractivity contribution is 6.34. The minimum absolute atomic E-state index is 0.173. The van der Waals surface area contributed by atoms with E-state index in [2.05, 4.69) is 11.0 Å². The monoisotopic (exact) mass is 222 g/mol. The van der Waals surface area contributed by atoms with Crippen molar-refractivity contribution in [2.24, 2.45) is 0 Å². The molecule has 0 bridgehead atoms. The van der Waals surface area contributed by atoms with E-state index in [0.717, 1.165) is 5.56 Å². The van der Waals surface area contributed by atoms with Crippen LogP contribution in [0.4, 0.5) is 0 Å². The Labute approximate surface area is 90.0 Å². The lowest BCUT2D eigenvalue weighted by Crippen LogP contribution is -2.21. The smallest absolute Gasteiger partial charge is 0.421 e. The van der Waals surface area contributed by atoms with Crippen molar-refractivity contribution in [3.63, 3.8) is 0 Å². The average molecular weight is 222 g/mol. The fourth-order valence-electron chi connectivity index (χ4n) is 0.904. The molecule has 0 N–H and O–H groups in total. The molecule has 0 atom stereocenters. The Morgan fingerprint density at radius 3 is 2.27 bits per heavy atom. The molecule has 1 aromatic carbocycles. The molecule has 1 rings (SSSR count). The van der Waals surface area contributed by atoms with Crippen molar-refractivity contribution < 1.29 is 18.8 Å². The molecule has 0 amide bonds. The molecule has 15 heavy (non-hydrogen) atoms. The van der Waals surface area contributed by atoms with Crippen LogP contribution in [0.3, 0.4) is 0 Å². The standard InChI is InChI=1S/C10H10O4Si/c1-2-7-3-5-8(6-4-7)13-9(11)10(12)14-15/h2-6H,1H2,15H3. The number of rotatable bonds is 2. The van der Waals surface area contributed by atoms with Gasteiger partial charge in [0, 0.05) is 0 Å². The number of benzene rings is 1. The molecule has 0 aliphatic rings. The van der Waals surface area contributed by atoms with Crippen LogP contribution >= 0.6 is 0 Å². The van der Waals surface area contributed by atoms with E-state index in [1.165, 1.54) is 0 Å². The first kappa shape index (κ1) is 11.2. The summed E-state index contributed by atoms with van der Waals surface area (Å²) in [6.07, 6.45) is 1.66. The highest BCUT2D eigenvalue weighted by Gasteiger charge is 2.15. The molecule has 0 aliphatic carbocycles. The molecule has 0 unspecified atom stereocenters. The van der Waals surface area contributed by atoms with E-state index in [-0.39, 0.29) is 10.5 Å². The lowest BCUT2D eigenvalue weighted by Gasteiger charge is -2.02. The van der Waals surface area contributed by atoms with Gasteiger partial charge >= 0.3 is 11.9 Å². The summed E-state index contributed by atoms with van der Waals surface area (Å²) in [4.78, 5) is 21.8. The van der Waals surface area contributed by atoms with Gasteiger partial charge in [-0.2, -0.15) is 0 Å². The highest BCUT2D eigenvalue weighted by atomic mass is 28.2. The predicted octanol–water partition coefficient (Wildman–Crippen LogP) is 0.0586. The number of ether oxygens (including phenoxy) is 1. The molecule has 0 fully saturated rings. The van der Waals surface area contributed by atoms with Crippen LogP contribution in [0.2, 0.25) is 0 Å². The molecule has 5 heteroatoms. The summed E-state index contributed by atoms with van der Waals surface area (Å²) in [5.41, 5.74) is 0.903. The lowest BCUT2D eigenvalue weighted by atomic mass is 10.2. The van der Waals surface area contributed by atoms with E-state index in [1.807, 2.05) is 0 Å². The van der Waals surface area contributed by atoms with Crippen LogP contribution in [-0.4, -0.2) is 22.4 Å². The summed E-state index contributed by atoms with van der Waals surface area (Å²) >= 11 is 0. The van der Waals surface area contributed by atoms with Crippen molar-refractivity contribution in [3.8, 4) is 5.75 Å². The number of carbonyl (C=O) groups is 2. The maximum Gasteiger partial charge on any atom is 0.421 e. The molecule has 0 aromatic heterocycles. The van der Waals surface area contributed by atoms with Crippen molar-refractivity contribution in [1.82, 2.24) is 0 Å². The Balaban J connectivity index is 2.69. The van der Waals surface area contributed by atoms with Gasteiger partial charge in [0.05, 0.1) is 0 Å². The van der Waals surface area contributed by atoms with E-state index >= 15 is 0 Å². The topological polar surface area (TPSA) is 52.6 Å². The molecule has 0 aliphatic heterocycles. The molecular weight excluding hydrogens is 212 g/mol.